The number of halogens is 2. The highest BCUT2D eigenvalue weighted by molar-refractivity contribution is 7.92. The number of unbranched alkanes of at least 4 members (excludes halogenated alkanes) is 1. The van der Waals surface area contributed by atoms with E-state index in [1.165, 1.54) is 29.2 Å². The number of sulfonamides is 1. The van der Waals surface area contributed by atoms with E-state index < -0.39 is 21.9 Å². The van der Waals surface area contributed by atoms with Crippen molar-refractivity contribution in [1.29, 1.82) is 0 Å². The maximum atomic E-state index is 13.4. The second-order valence-electron chi connectivity index (χ2n) is 8.60. The molecule has 0 aliphatic heterocycles. The van der Waals surface area contributed by atoms with Crippen LogP contribution in [0.2, 0.25) is 5.02 Å². The molecule has 198 valence electrons. The molecule has 2 aromatic carbocycles. The molecular formula is C26H35ClFN3O4S. The molecule has 2 aromatic rings. The van der Waals surface area contributed by atoms with Crippen molar-refractivity contribution < 1.29 is 22.4 Å². The summed E-state index contributed by atoms with van der Waals surface area (Å²) in [5.74, 6) is -0.976. The molecule has 0 aromatic heterocycles. The summed E-state index contributed by atoms with van der Waals surface area (Å²) in [6, 6.07) is 11.6. The fourth-order valence-corrected chi connectivity index (χ4v) is 5.01. The van der Waals surface area contributed by atoms with Crippen LogP contribution in [0.1, 0.15) is 51.5 Å². The van der Waals surface area contributed by atoms with Crippen molar-refractivity contribution in [2.24, 2.45) is 0 Å². The molecule has 0 bridgehead atoms. The van der Waals surface area contributed by atoms with E-state index in [-0.39, 0.29) is 37.7 Å². The van der Waals surface area contributed by atoms with E-state index in [1.807, 2.05) is 26.0 Å². The minimum Gasteiger partial charge on any atom is -0.354 e. The predicted octanol–water partition coefficient (Wildman–Crippen LogP) is 4.75. The zero-order chi connectivity index (χ0) is 26.7. The van der Waals surface area contributed by atoms with Crippen LogP contribution in [0.15, 0.2) is 48.5 Å². The van der Waals surface area contributed by atoms with Crippen molar-refractivity contribution in [3.05, 3.63) is 64.9 Å². The van der Waals surface area contributed by atoms with Crippen LogP contribution in [0, 0.1) is 5.82 Å². The van der Waals surface area contributed by atoms with Crippen LogP contribution in [0.25, 0.3) is 0 Å². The molecule has 7 nitrogen and oxygen atoms in total. The van der Waals surface area contributed by atoms with Gasteiger partial charge in [0.1, 0.15) is 11.9 Å². The number of nitrogens with zero attached hydrogens (tertiary/aromatic N) is 2. The molecule has 0 radical (unpaired) electrons. The largest absolute Gasteiger partial charge is 0.354 e. The normalized spacial score (nSPS) is 12.1. The molecule has 2 rings (SSSR count). The number of hydrogen-bond acceptors (Lipinski definition) is 4. The summed E-state index contributed by atoms with van der Waals surface area (Å²) in [6.45, 7) is 4.60. The van der Waals surface area contributed by atoms with E-state index in [2.05, 4.69) is 5.32 Å². The van der Waals surface area contributed by atoms with Gasteiger partial charge in [0.05, 0.1) is 11.9 Å². The fraction of sp³-hybridized carbons (Fsp3) is 0.462. The molecule has 0 aliphatic carbocycles. The maximum absolute atomic E-state index is 13.4. The second-order valence-corrected chi connectivity index (χ2v) is 10.9. The molecular weight excluding hydrogens is 505 g/mol. The summed E-state index contributed by atoms with van der Waals surface area (Å²) in [4.78, 5) is 27.9. The smallest absolute Gasteiger partial charge is 0.242 e. The van der Waals surface area contributed by atoms with Crippen LogP contribution in [0.4, 0.5) is 10.1 Å². The summed E-state index contributed by atoms with van der Waals surface area (Å²) in [5, 5.41) is 3.40. The van der Waals surface area contributed by atoms with Gasteiger partial charge in [0.25, 0.3) is 0 Å². The zero-order valence-electron chi connectivity index (χ0n) is 21.0. The Morgan fingerprint density at radius 1 is 1.06 bits per heavy atom. The summed E-state index contributed by atoms with van der Waals surface area (Å²) < 4.78 is 39.1. The second kappa shape index (κ2) is 14.2. The molecule has 0 unspecified atom stereocenters. The van der Waals surface area contributed by atoms with Gasteiger partial charge in [-0.3, -0.25) is 13.9 Å². The van der Waals surface area contributed by atoms with E-state index in [4.69, 9.17) is 11.6 Å². The van der Waals surface area contributed by atoms with E-state index in [1.54, 1.807) is 12.1 Å². The van der Waals surface area contributed by atoms with Gasteiger partial charge >= 0.3 is 0 Å². The zero-order valence-corrected chi connectivity index (χ0v) is 22.6. The van der Waals surface area contributed by atoms with Gasteiger partial charge in [-0.1, -0.05) is 50.1 Å². The Hall–Kier alpha value is -2.65. The van der Waals surface area contributed by atoms with Gasteiger partial charge in [-0.05, 0) is 55.2 Å². The van der Waals surface area contributed by atoms with E-state index in [9.17, 15) is 22.4 Å². The molecule has 1 atom stereocenters. The van der Waals surface area contributed by atoms with Gasteiger partial charge in [0, 0.05) is 31.1 Å². The van der Waals surface area contributed by atoms with Gasteiger partial charge in [-0.25, -0.2) is 12.8 Å². The first-order valence-corrected chi connectivity index (χ1v) is 14.3. The first kappa shape index (κ1) is 29.6. The number of amides is 2. The molecule has 0 saturated carbocycles. The van der Waals surface area contributed by atoms with Crippen LogP contribution >= 0.6 is 11.6 Å². The molecule has 0 aliphatic rings. The lowest BCUT2D eigenvalue weighted by atomic mass is 10.1. The number of carbonyl (C=O) groups is 2. The molecule has 0 saturated heterocycles. The van der Waals surface area contributed by atoms with E-state index in [0.29, 0.717) is 23.7 Å². The third kappa shape index (κ3) is 8.78. The minimum atomic E-state index is -3.65. The third-order valence-corrected chi connectivity index (χ3v) is 7.34. The third-order valence-electron chi connectivity index (χ3n) is 5.78. The maximum Gasteiger partial charge on any atom is 0.242 e. The first-order valence-electron chi connectivity index (χ1n) is 12.1. The minimum absolute atomic E-state index is 0.0242. The Balaban J connectivity index is 2.20. The van der Waals surface area contributed by atoms with Gasteiger partial charge in [0.15, 0.2) is 0 Å². The number of carbonyl (C=O) groups excluding carboxylic acids is 2. The Morgan fingerprint density at radius 3 is 2.31 bits per heavy atom. The lowest BCUT2D eigenvalue weighted by Gasteiger charge is -2.31. The quantitative estimate of drug-likeness (QED) is 0.351. The topological polar surface area (TPSA) is 86.8 Å². The first-order chi connectivity index (χ1) is 17.1. The molecule has 36 heavy (non-hydrogen) atoms. The highest BCUT2D eigenvalue weighted by Crippen LogP contribution is 2.22. The van der Waals surface area contributed by atoms with Crippen LogP contribution in [0.5, 0.6) is 0 Å². The van der Waals surface area contributed by atoms with Gasteiger partial charge < -0.3 is 10.2 Å². The SMILES string of the molecule is CCCCNC(=O)[C@@H](CC)N(Cc1ccccc1Cl)C(=O)CCCN(c1ccc(F)cc1)S(C)(=O)=O. The molecule has 10 heteroatoms. The summed E-state index contributed by atoms with van der Waals surface area (Å²) >= 11 is 6.34. The van der Waals surface area contributed by atoms with Crippen LogP contribution in [0.3, 0.4) is 0 Å². The predicted molar refractivity (Wildman–Crippen MR) is 142 cm³/mol. The van der Waals surface area contributed by atoms with Crippen LogP contribution in [-0.2, 0) is 26.2 Å². The van der Waals surface area contributed by atoms with E-state index >= 15 is 0 Å². The number of rotatable bonds is 14. The Morgan fingerprint density at radius 2 is 1.72 bits per heavy atom. The summed E-state index contributed by atoms with van der Waals surface area (Å²) in [5.41, 5.74) is 1.04. The average Bonchev–Trinajstić information content (AvgIpc) is 2.83. The molecule has 0 fully saturated rings. The monoisotopic (exact) mass is 539 g/mol. The summed E-state index contributed by atoms with van der Waals surface area (Å²) in [6.07, 6.45) is 3.50. The molecule has 0 spiro atoms. The Kier molecular flexibility index (Phi) is 11.7. The van der Waals surface area contributed by atoms with Crippen molar-refractivity contribution in [3.8, 4) is 0 Å². The van der Waals surface area contributed by atoms with Crippen molar-refractivity contribution >= 4 is 39.1 Å². The lowest BCUT2D eigenvalue weighted by molar-refractivity contribution is -0.141. The van der Waals surface area contributed by atoms with Crippen molar-refractivity contribution in [1.82, 2.24) is 10.2 Å². The molecule has 2 amide bonds. The van der Waals surface area contributed by atoms with Gasteiger partial charge in [-0.15, -0.1) is 0 Å². The lowest BCUT2D eigenvalue weighted by Crippen LogP contribution is -2.49. The number of hydrogen-bond donors (Lipinski definition) is 1. The van der Waals surface area contributed by atoms with Gasteiger partial charge in [-0.2, -0.15) is 0 Å². The standard InChI is InChI=1S/C26H35ClFN3O4S/c1-4-6-17-29-26(33)24(5-2)30(19-20-10-7-8-11-23(20)27)25(32)12-9-18-31(36(3,34)35)22-15-13-21(28)14-16-22/h7-8,10-11,13-16,24H,4-6,9,12,17-19H2,1-3H3,(H,29,33)/t24-/m1/s1. The molecule has 1 N–H and O–H groups in total. The highest BCUT2D eigenvalue weighted by atomic mass is 35.5. The van der Waals surface area contributed by atoms with Gasteiger partial charge in [0.2, 0.25) is 21.8 Å². The Labute approximate surface area is 218 Å². The van der Waals surface area contributed by atoms with Crippen molar-refractivity contribution in [2.45, 2.75) is 58.5 Å². The highest BCUT2D eigenvalue weighted by Gasteiger charge is 2.29. The van der Waals surface area contributed by atoms with E-state index in [0.717, 1.165) is 29.0 Å². The number of nitrogens with one attached hydrogen (secondary N) is 1. The Bertz CT molecular complexity index is 1110. The number of benzene rings is 2. The molecule has 0 heterocycles. The van der Waals surface area contributed by atoms with Crippen LogP contribution < -0.4 is 9.62 Å². The van der Waals surface area contributed by atoms with Crippen LogP contribution in [-0.4, -0.2) is 50.5 Å². The fourth-order valence-electron chi connectivity index (χ4n) is 3.85. The van der Waals surface area contributed by atoms with Crippen molar-refractivity contribution in [2.75, 3.05) is 23.7 Å². The average molecular weight is 540 g/mol. The summed E-state index contributed by atoms with van der Waals surface area (Å²) in [7, 11) is -3.65. The number of anilines is 1. The van der Waals surface area contributed by atoms with Crippen molar-refractivity contribution in [3.63, 3.8) is 0 Å².